The van der Waals surface area contributed by atoms with Crippen molar-refractivity contribution >= 4 is 27.9 Å². The van der Waals surface area contributed by atoms with Crippen LogP contribution in [0.15, 0.2) is 58.6 Å². The maximum atomic E-state index is 13.7. The maximum absolute atomic E-state index is 13.7. The third kappa shape index (κ3) is 4.27. The zero-order valence-corrected chi connectivity index (χ0v) is 13.1. The van der Waals surface area contributed by atoms with Gasteiger partial charge in [0.1, 0.15) is 17.5 Å². The van der Waals surface area contributed by atoms with Gasteiger partial charge in [-0.2, -0.15) is 5.26 Å². The van der Waals surface area contributed by atoms with Crippen LogP contribution >= 0.6 is 15.9 Å². The molecule has 0 bridgehead atoms. The van der Waals surface area contributed by atoms with Gasteiger partial charge in [-0.15, -0.1) is 0 Å². The van der Waals surface area contributed by atoms with Crippen LogP contribution in [0, 0.1) is 17.1 Å². The molecule has 3 nitrogen and oxygen atoms in total. The van der Waals surface area contributed by atoms with Gasteiger partial charge in [-0.25, -0.2) is 4.39 Å². The van der Waals surface area contributed by atoms with E-state index in [2.05, 4.69) is 21.2 Å². The molecule has 2 aromatic carbocycles. The Morgan fingerprint density at radius 2 is 2.00 bits per heavy atom. The molecule has 5 heteroatoms. The van der Waals surface area contributed by atoms with E-state index >= 15 is 0 Å². The minimum Gasteiger partial charge on any atom is -0.347 e. The fourth-order valence-electron chi connectivity index (χ4n) is 1.80. The number of nitriles is 1. The summed E-state index contributed by atoms with van der Waals surface area (Å²) < 4.78 is 14.3. The molecule has 0 heterocycles. The van der Waals surface area contributed by atoms with Crippen LogP contribution in [0.4, 0.5) is 4.39 Å². The number of hydrogen-bond acceptors (Lipinski definition) is 2. The first-order valence-corrected chi connectivity index (χ1v) is 7.28. The van der Waals surface area contributed by atoms with Crippen molar-refractivity contribution in [3.8, 4) is 6.07 Å². The first kappa shape index (κ1) is 15.9. The van der Waals surface area contributed by atoms with Gasteiger partial charge in [0.05, 0.1) is 0 Å². The molecule has 22 heavy (non-hydrogen) atoms. The number of amides is 1. The molecule has 0 aromatic heterocycles. The quantitative estimate of drug-likeness (QED) is 0.667. The average Bonchev–Trinajstić information content (AvgIpc) is 2.53. The maximum Gasteiger partial charge on any atom is 0.262 e. The molecule has 0 saturated heterocycles. The summed E-state index contributed by atoms with van der Waals surface area (Å²) >= 11 is 3.15. The topological polar surface area (TPSA) is 52.9 Å². The van der Waals surface area contributed by atoms with E-state index in [1.165, 1.54) is 18.2 Å². The molecule has 0 spiro atoms. The molecule has 0 unspecified atom stereocenters. The smallest absolute Gasteiger partial charge is 0.262 e. The fraction of sp³-hybridized carbons (Fsp3) is 0.0588. The van der Waals surface area contributed by atoms with E-state index in [0.717, 1.165) is 5.56 Å². The van der Waals surface area contributed by atoms with Gasteiger partial charge in [-0.3, -0.25) is 4.79 Å². The zero-order chi connectivity index (χ0) is 15.9. The molecule has 0 fully saturated rings. The summed E-state index contributed by atoms with van der Waals surface area (Å²) in [6, 6.07) is 15.6. The van der Waals surface area contributed by atoms with Crippen LogP contribution in [-0.4, -0.2) is 5.91 Å². The average molecular weight is 359 g/mol. The normalized spacial score (nSPS) is 10.9. The van der Waals surface area contributed by atoms with E-state index < -0.39 is 11.7 Å². The summed E-state index contributed by atoms with van der Waals surface area (Å²) in [5.74, 6) is -1.04. The van der Waals surface area contributed by atoms with Crippen LogP contribution in [0.25, 0.3) is 6.08 Å². The van der Waals surface area contributed by atoms with Crippen LogP contribution in [0.5, 0.6) is 0 Å². The molecular formula is C17H12BrFN2O. The van der Waals surface area contributed by atoms with Gasteiger partial charge in [0, 0.05) is 16.6 Å². The Morgan fingerprint density at radius 3 is 2.64 bits per heavy atom. The number of nitrogens with one attached hydrogen (secondary N) is 1. The van der Waals surface area contributed by atoms with Gasteiger partial charge in [-0.1, -0.05) is 52.3 Å². The van der Waals surface area contributed by atoms with Crippen molar-refractivity contribution in [3.05, 3.63) is 75.5 Å². The molecule has 0 saturated carbocycles. The van der Waals surface area contributed by atoms with Gasteiger partial charge >= 0.3 is 0 Å². The van der Waals surface area contributed by atoms with Crippen molar-refractivity contribution in [2.24, 2.45) is 0 Å². The van der Waals surface area contributed by atoms with Crippen molar-refractivity contribution < 1.29 is 9.18 Å². The fourth-order valence-corrected chi connectivity index (χ4v) is 2.13. The lowest BCUT2D eigenvalue weighted by molar-refractivity contribution is -0.117. The highest BCUT2D eigenvalue weighted by Crippen LogP contribution is 2.17. The van der Waals surface area contributed by atoms with E-state index in [0.29, 0.717) is 11.0 Å². The van der Waals surface area contributed by atoms with Crippen LogP contribution in [0.3, 0.4) is 0 Å². The largest absolute Gasteiger partial charge is 0.347 e. The Balaban J connectivity index is 2.12. The lowest BCUT2D eigenvalue weighted by atomic mass is 10.1. The van der Waals surface area contributed by atoms with Crippen LogP contribution in [0.2, 0.25) is 0 Å². The molecule has 0 aliphatic carbocycles. The number of benzene rings is 2. The molecule has 0 radical (unpaired) electrons. The van der Waals surface area contributed by atoms with Gasteiger partial charge in [-0.05, 0) is 23.8 Å². The van der Waals surface area contributed by atoms with Crippen molar-refractivity contribution in [1.29, 1.82) is 5.26 Å². The van der Waals surface area contributed by atoms with E-state index in [9.17, 15) is 9.18 Å². The van der Waals surface area contributed by atoms with Crippen LogP contribution in [-0.2, 0) is 11.3 Å². The molecular weight excluding hydrogens is 347 g/mol. The van der Waals surface area contributed by atoms with Gasteiger partial charge in [0.25, 0.3) is 5.91 Å². The van der Waals surface area contributed by atoms with Crippen molar-refractivity contribution in [1.82, 2.24) is 5.32 Å². The summed E-state index contributed by atoms with van der Waals surface area (Å²) in [4.78, 5) is 12.0. The number of halogens is 2. The van der Waals surface area contributed by atoms with Gasteiger partial charge < -0.3 is 5.32 Å². The zero-order valence-electron chi connectivity index (χ0n) is 11.5. The van der Waals surface area contributed by atoms with E-state index in [-0.39, 0.29) is 11.1 Å². The Hall–Kier alpha value is -2.45. The molecule has 2 aromatic rings. The molecule has 1 N–H and O–H groups in total. The third-order valence-corrected chi connectivity index (χ3v) is 3.42. The third-order valence-electron chi connectivity index (χ3n) is 2.92. The molecule has 0 aliphatic rings. The minimum atomic E-state index is -0.534. The molecule has 0 aliphatic heterocycles. The van der Waals surface area contributed by atoms with E-state index in [1.54, 1.807) is 12.1 Å². The molecule has 1 amide bonds. The summed E-state index contributed by atoms with van der Waals surface area (Å²) in [6.45, 7) is 0.307. The molecule has 2 rings (SSSR count). The second-order valence-electron chi connectivity index (χ2n) is 4.50. The standard InChI is InChI=1S/C17H12BrFN2O/c18-15-7-6-13(16(19)9-15)8-14(10-20)17(22)21-11-12-4-2-1-3-5-12/h1-9H,11H2,(H,21,22)/b14-8+. The number of carbonyl (C=O) groups is 1. The minimum absolute atomic E-state index is 0.142. The highest BCUT2D eigenvalue weighted by atomic mass is 79.9. The Kier molecular flexibility index (Phi) is 5.45. The monoisotopic (exact) mass is 358 g/mol. The number of rotatable bonds is 4. The first-order chi connectivity index (χ1) is 10.6. The Bertz CT molecular complexity index is 751. The number of nitrogens with zero attached hydrogens (tertiary/aromatic N) is 1. The van der Waals surface area contributed by atoms with Crippen LogP contribution in [0.1, 0.15) is 11.1 Å². The first-order valence-electron chi connectivity index (χ1n) is 6.49. The Morgan fingerprint density at radius 1 is 1.27 bits per heavy atom. The second kappa shape index (κ2) is 7.53. The summed E-state index contributed by atoms with van der Waals surface area (Å²) in [6.07, 6.45) is 1.24. The molecule has 0 atom stereocenters. The number of carbonyl (C=O) groups excluding carboxylic acids is 1. The van der Waals surface area contributed by atoms with Gasteiger partial charge in [0.15, 0.2) is 0 Å². The predicted octanol–water partition coefficient (Wildman–Crippen LogP) is 3.81. The van der Waals surface area contributed by atoms with Crippen molar-refractivity contribution in [2.75, 3.05) is 0 Å². The number of hydrogen-bond donors (Lipinski definition) is 1. The Labute approximate surface area is 136 Å². The van der Waals surface area contributed by atoms with E-state index in [4.69, 9.17) is 5.26 Å². The summed E-state index contributed by atoms with van der Waals surface area (Å²) in [5.41, 5.74) is 0.967. The van der Waals surface area contributed by atoms with Crippen LogP contribution < -0.4 is 5.32 Å². The summed E-state index contributed by atoms with van der Waals surface area (Å²) in [7, 11) is 0. The second-order valence-corrected chi connectivity index (χ2v) is 5.42. The predicted molar refractivity (Wildman–Crippen MR) is 86.0 cm³/mol. The molecule has 110 valence electrons. The van der Waals surface area contributed by atoms with E-state index in [1.807, 2.05) is 30.3 Å². The SMILES string of the molecule is N#C/C(=C\c1ccc(Br)cc1F)C(=O)NCc1ccccc1. The van der Waals surface area contributed by atoms with Crippen molar-refractivity contribution in [3.63, 3.8) is 0 Å². The van der Waals surface area contributed by atoms with Crippen molar-refractivity contribution in [2.45, 2.75) is 6.54 Å². The van der Waals surface area contributed by atoms with Gasteiger partial charge in [0.2, 0.25) is 0 Å². The highest BCUT2D eigenvalue weighted by molar-refractivity contribution is 9.10. The lowest BCUT2D eigenvalue weighted by Crippen LogP contribution is -2.23. The lowest BCUT2D eigenvalue weighted by Gasteiger charge is -2.05. The summed E-state index contributed by atoms with van der Waals surface area (Å²) in [5, 5.41) is 11.7. The highest BCUT2D eigenvalue weighted by Gasteiger charge is 2.10.